The molecule has 10 nitrogen and oxygen atoms in total. The number of carbonyl (C=O) groups excluding carboxylic acids is 2. The van der Waals surface area contributed by atoms with Gasteiger partial charge in [0.2, 0.25) is 0 Å². The summed E-state index contributed by atoms with van der Waals surface area (Å²) in [5, 5.41) is 20.3. The Kier molecular flexibility index (Phi) is 5.26. The van der Waals surface area contributed by atoms with E-state index in [1.807, 2.05) is 0 Å². The van der Waals surface area contributed by atoms with Crippen LogP contribution in [-0.2, 0) is 16.1 Å². The van der Waals surface area contributed by atoms with Gasteiger partial charge in [0.25, 0.3) is 0 Å². The van der Waals surface area contributed by atoms with Gasteiger partial charge >= 0.3 is 18.0 Å². The first-order valence-corrected chi connectivity index (χ1v) is 5.25. The van der Waals surface area contributed by atoms with Crippen molar-refractivity contribution in [3.05, 3.63) is 11.9 Å². The van der Waals surface area contributed by atoms with Crippen LogP contribution in [0.4, 0.5) is 4.79 Å². The first kappa shape index (κ1) is 14.4. The number of hydrogen-bond donors (Lipinski definition) is 3. The molecule has 0 aliphatic carbocycles. The maximum atomic E-state index is 11.2. The number of esters is 1. The Morgan fingerprint density at radius 2 is 2.16 bits per heavy atom. The summed E-state index contributed by atoms with van der Waals surface area (Å²) in [6.07, 6.45) is 1.25. The van der Waals surface area contributed by atoms with E-state index in [0.29, 0.717) is 0 Å². The molecule has 0 radical (unpaired) electrons. The fraction of sp³-hybridized carbons (Fsp3) is 0.444. The molecule has 3 N–H and O–H groups in total. The number of aromatic carboxylic acids is 1. The van der Waals surface area contributed by atoms with E-state index in [4.69, 9.17) is 5.11 Å². The maximum Gasteiger partial charge on any atom is 0.358 e. The highest BCUT2D eigenvalue weighted by Gasteiger charge is 2.08. The molecule has 0 atom stereocenters. The molecule has 0 aromatic carbocycles. The Bertz CT molecular complexity index is 471. The van der Waals surface area contributed by atoms with Crippen molar-refractivity contribution in [2.45, 2.75) is 6.54 Å². The first-order chi connectivity index (χ1) is 9.02. The van der Waals surface area contributed by atoms with E-state index in [-0.39, 0.29) is 25.3 Å². The van der Waals surface area contributed by atoms with E-state index in [1.165, 1.54) is 18.0 Å². The Hall–Kier alpha value is -2.65. The summed E-state index contributed by atoms with van der Waals surface area (Å²) < 4.78 is 5.62. The molecule has 104 valence electrons. The Morgan fingerprint density at radius 3 is 2.74 bits per heavy atom. The van der Waals surface area contributed by atoms with Crippen molar-refractivity contribution in [2.75, 3.05) is 20.2 Å². The molecular weight excluding hydrogens is 258 g/mol. The lowest BCUT2D eigenvalue weighted by Gasteiger charge is -2.06. The number of methoxy groups -OCH3 is 1. The minimum Gasteiger partial charge on any atom is -0.476 e. The highest BCUT2D eigenvalue weighted by atomic mass is 16.5. The summed E-state index contributed by atoms with van der Waals surface area (Å²) in [5.41, 5.74) is -0.171. The third-order valence-corrected chi connectivity index (χ3v) is 2.01. The normalized spacial score (nSPS) is 9.74. The van der Waals surface area contributed by atoms with Crippen LogP contribution < -0.4 is 10.6 Å². The van der Waals surface area contributed by atoms with E-state index < -0.39 is 18.0 Å². The van der Waals surface area contributed by atoms with E-state index >= 15 is 0 Å². The van der Waals surface area contributed by atoms with E-state index in [2.05, 4.69) is 25.7 Å². The topological polar surface area (TPSA) is 135 Å². The van der Waals surface area contributed by atoms with Crippen molar-refractivity contribution in [1.29, 1.82) is 0 Å². The third-order valence-electron chi connectivity index (χ3n) is 2.01. The Labute approximate surface area is 107 Å². The van der Waals surface area contributed by atoms with E-state index in [9.17, 15) is 14.4 Å². The second-order valence-corrected chi connectivity index (χ2v) is 3.36. The quantitative estimate of drug-likeness (QED) is 0.533. The number of hydrogen-bond acceptors (Lipinski definition) is 6. The summed E-state index contributed by atoms with van der Waals surface area (Å²) in [5.74, 6) is -1.73. The summed E-state index contributed by atoms with van der Waals surface area (Å²) in [6.45, 7) is 0.232. The fourth-order valence-electron chi connectivity index (χ4n) is 1.08. The van der Waals surface area contributed by atoms with Gasteiger partial charge in [-0.1, -0.05) is 5.21 Å². The molecule has 1 aromatic heterocycles. The van der Waals surface area contributed by atoms with E-state index in [0.717, 1.165) is 0 Å². The largest absolute Gasteiger partial charge is 0.476 e. The highest BCUT2D eigenvalue weighted by molar-refractivity contribution is 5.84. The average molecular weight is 271 g/mol. The van der Waals surface area contributed by atoms with Crippen LogP contribution in [0.2, 0.25) is 0 Å². The first-order valence-electron chi connectivity index (χ1n) is 5.25. The van der Waals surface area contributed by atoms with Gasteiger partial charge in [0.1, 0.15) is 6.54 Å². The van der Waals surface area contributed by atoms with Gasteiger partial charge in [0.05, 0.1) is 19.9 Å². The molecule has 2 amide bonds. The van der Waals surface area contributed by atoms with Crippen molar-refractivity contribution < 1.29 is 24.2 Å². The van der Waals surface area contributed by atoms with Gasteiger partial charge in [0.15, 0.2) is 5.69 Å². The van der Waals surface area contributed by atoms with Crippen molar-refractivity contribution in [3.63, 3.8) is 0 Å². The second-order valence-electron chi connectivity index (χ2n) is 3.36. The van der Waals surface area contributed by atoms with Crippen LogP contribution in [0.25, 0.3) is 0 Å². The zero-order valence-electron chi connectivity index (χ0n) is 10.1. The van der Waals surface area contributed by atoms with Crippen LogP contribution in [0.3, 0.4) is 0 Å². The molecule has 19 heavy (non-hydrogen) atoms. The van der Waals surface area contributed by atoms with Crippen LogP contribution in [0.5, 0.6) is 0 Å². The lowest BCUT2D eigenvalue weighted by molar-refractivity contribution is -0.139. The summed E-state index contributed by atoms with van der Waals surface area (Å²) in [4.78, 5) is 32.5. The van der Waals surface area contributed by atoms with Gasteiger partial charge in [-0.3, -0.25) is 4.79 Å². The summed E-state index contributed by atoms with van der Waals surface area (Å²) in [7, 11) is 1.21. The minimum atomic E-state index is -1.17. The van der Waals surface area contributed by atoms with Crippen molar-refractivity contribution in [3.8, 4) is 0 Å². The molecule has 0 fully saturated rings. The zero-order valence-corrected chi connectivity index (χ0v) is 10.1. The molecule has 0 saturated carbocycles. The zero-order chi connectivity index (χ0) is 14.3. The van der Waals surface area contributed by atoms with E-state index in [1.54, 1.807) is 0 Å². The fourth-order valence-corrected chi connectivity index (χ4v) is 1.08. The number of carbonyl (C=O) groups is 3. The Balaban J connectivity index is 2.24. The number of nitrogens with zero attached hydrogens (tertiary/aromatic N) is 3. The van der Waals surface area contributed by atoms with Crippen LogP contribution in [0, 0.1) is 0 Å². The van der Waals surface area contributed by atoms with Crippen molar-refractivity contribution in [2.24, 2.45) is 0 Å². The van der Waals surface area contributed by atoms with Gasteiger partial charge in [-0.05, 0) is 0 Å². The monoisotopic (exact) mass is 271 g/mol. The van der Waals surface area contributed by atoms with Crippen LogP contribution in [0.1, 0.15) is 10.5 Å². The number of carboxylic acids is 1. The lowest BCUT2D eigenvalue weighted by Crippen LogP contribution is -2.40. The molecule has 0 aliphatic heterocycles. The molecular formula is C9H13N5O5. The minimum absolute atomic E-state index is 0.171. The standard InChI is InChI=1S/C9H13N5O5/c1-19-7(15)4-11-9(18)10-2-3-14-5-6(8(16)17)12-13-14/h5H,2-4H2,1H3,(H,16,17)(H2,10,11,18). The Morgan fingerprint density at radius 1 is 1.42 bits per heavy atom. The highest BCUT2D eigenvalue weighted by Crippen LogP contribution is 1.91. The lowest BCUT2D eigenvalue weighted by atomic mass is 10.5. The number of nitrogens with one attached hydrogen (secondary N) is 2. The van der Waals surface area contributed by atoms with Crippen molar-refractivity contribution in [1.82, 2.24) is 25.6 Å². The van der Waals surface area contributed by atoms with Gasteiger partial charge in [-0.2, -0.15) is 0 Å². The van der Waals surface area contributed by atoms with Gasteiger partial charge in [-0.25, -0.2) is 14.3 Å². The second kappa shape index (κ2) is 6.93. The maximum absolute atomic E-state index is 11.2. The van der Waals surface area contributed by atoms with Crippen LogP contribution in [0.15, 0.2) is 6.20 Å². The SMILES string of the molecule is COC(=O)CNC(=O)NCCn1cc(C(=O)O)nn1. The molecule has 0 spiro atoms. The molecule has 1 aromatic rings. The third kappa shape index (κ3) is 5.02. The van der Waals surface area contributed by atoms with Gasteiger partial charge in [0, 0.05) is 6.54 Å². The summed E-state index contributed by atoms with van der Waals surface area (Å²) >= 11 is 0. The van der Waals surface area contributed by atoms with Crippen LogP contribution >= 0.6 is 0 Å². The van der Waals surface area contributed by atoms with Crippen LogP contribution in [-0.4, -0.2) is 58.3 Å². The number of urea groups is 1. The van der Waals surface area contributed by atoms with Gasteiger partial charge in [-0.15, -0.1) is 5.10 Å². The molecule has 1 rings (SSSR count). The smallest absolute Gasteiger partial charge is 0.358 e. The summed E-state index contributed by atoms with van der Waals surface area (Å²) in [6, 6.07) is -0.538. The molecule has 0 aliphatic rings. The molecule has 0 unspecified atom stereocenters. The molecule has 0 bridgehead atoms. The number of ether oxygens (including phenoxy) is 1. The number of aromatic nitrogens is 3. The molecule has 1 heterocycles. The predicted octanol–water partition coefficient (Wildman–Crippen LogP) is -1.55. The number of amides is 2. The van der Waals surface area contributed by atoms with Gasteiger partial charge < -0.3 is 20.5 Å². The predicted molar refractivity (Wildman–Crippen MR) is 60.4 cm³/mol. The molecule has 0 saturated heterocycles. The average Bonchev–Trinajstić information content (AvgIpc) is 2.85. The number of rotatable bonds is 6. The van der Waals surface area contributed by atoms with Crippen molar-refractivity contribution >= 4 is 18.0 Å². The molecule has 10 heteroatoms. The number of carboxylic acid groups (broad SMARTS) is 1.